The fraction of sp³-hybridized carbons (Fsp3) is 0.500. The van der Waals surface area contributed by atoms with Gasteiger partial charge in [0.1, 0.15) is 24.6 Å². The van der Waals surface area contributed by atoms with Crippen molar-refractivity contribution in [2.24, 2.45) is 5.92 Å². The van der Waals surface area contributed by atoms with Crippen molar-refractivity contribution in [3.8, 4) is 28.4 Å². The fourth-order valence-electron chi connectivity index (χ4n) is 3.86. The molecule has 0 saturated carbocycles. The van der Waals surface area contributed by atoms with E-state index < -0.39 is 11.7 Å². The van der Waals surface area contributed by atoms with Crippen LogP contribution in [-0.4, -0.2) is 42.3 Å². The second-order valence-corrected chi connectivity index (χ2v) is 9.95. The number of carbonyl (C=O) groups is 2. The number of nitrogens with zero attached hydrogens (tertiary/aromatic N) is 1. The Balaban J connectivity index is 1.82. The van der Waals surface area contributed by atoms with Crippen molar-refractivity contribution in [1.82, 2.24) is 10.3 Å². The predicted octanol–water partition coefficient (Wildman–Crippen LogP) is 4.93. The molecule has 0 radical (unpaired) electrons. The van der Waals surface area contributed by atoms with Crippen LogP contribution in [0.2, 0.25) is 0 Å². The quantitative estimate of drug-likeness (QED) is 0.546. The third-order valence-corrected chi connectivity index (χ3v) is 5.15. The largest absolute Gasteiger partial charge is 0.490 e. The zero-order valence-corrected chi connectivity index (χ0v) is 21.5. The van der Waals surface area contributed by atoms with Crippen LogP contribution in [0.25, 0.3) is 11.1 Å². The predicted molar refractivity (Wildman–Crippen MR) is 133 cm³/mol. The second-order valence-electron chi connectivity index (χ2n) is 9.95. The number of hydrogen-bond donors (Lipinski definition) is 2. The third kappa shape index (κ3) is 7.00. The zero-order valence-electron chi connectivity index (χ0n) is 21.5. The maximum atomic E-state index is 12.3. The van der Waals surface area contributed by atoms with Crippen LogP contribution < -0.4 is 24.8 Å². The first-order chi connectivity index (χ1) is 16.5. The summed E-state index contributed by atoms with van der Waals surface area (Å²) in [5.74, 6) is 2.14. The van der Waals surface area contributed by atoms with Gasteiger partial charge < -0.3 is 29.6 Å². The van der Waals surface area contributed by atoms with E-state index in [1.54, 1.807) is 13.3 Å². The van der Waals surface area contributed by atoms with Crippen molar-refractivity contribution in [2.45, 2.75) is 66.2 Å². The lowest BCUT2D eigenvalue weighted by atomic mass is 9.98. The van der Waals surface area contributed by atoms with Crippen LogP contribution in [0.1, 0.15) is 53.5 Å². The standard InChI is InChI=1S/C26H35N3O6/c1-15(2)10-18(29-25(31)35-26(4,5)6)14-33-21-9-8-19-20-11-22(28-16(3)30)27-12-17(20)13-34-23(19)24(21)32-7/h8-9,11-12,15,18H,10,13-14H2,1-7H3,(H,29,31)(H,27,28,30)/t18-/m0/s1. The van der Waals surface area contributed by atoms with Gasteiger partial charge in [-0.2, -0.15) is 0 Å². The topological polar surface area (TPSA) is 108 Å². The molecule has 2 aromatic rings. The first-order valence-electron chi connectivity index (χ1n) is 11.7. The first kappa shape index (κ1) is 26.1. The molecule has 9 nitrogen and oxygen atoms in total. The van der Waals surface area contributed by atoms with E-state index in [-0.39, 0.29) is 18.6 Å². The second kappa shape index (κ2) is 10.8. The highest BCUT2D eigenvalue weighted by Gasteiger charge is 2.26. The van der Waals surface area contributed by atoms with E-state index in [4.69, 9.17) is 18.9 Å². The summed E-state index contributed by atoms with van der Waals surface area (Å²) < 4.78 is 23.2. The number of aromatic nitrogens is 1. The molecule has 1 aromatic heterocycles. The molecule has 1 aliphatic heterocycles. The highest BCUT2D eigenvalue weighted by atomic mass is 16.6. The number of benzene rings is 1. The molecular weight excluding hydrogens is 450 g/mol. The number of hydrogen-bond acceptors (Lipinski definition) is 7. The summed E-state index contributed by atoms with van der Waals surface area (Å²) in [6, 6.07) is 5.27. The Morgan fingerprint density at radius 3 is 2.57 bits per heavy atom. The summed E-state index contributed by atoms with van der Waals surface area (Å²) in [7, 11) is 1.56. The van der Waals surface area contributed by atoms with Crippen LogP contribution >= 0.6 is 0 Å². The van der Waals surface area contributed by atoms with Crippen LogP contribution in [0.15, 0.2) is 24.4 Å². The normalized spacial score (nSPS) is 13.1. The SMILES string of the molecule is COc1c(OC[C@H](CC(C)C)NC(=O)OC(C)(C)C)ccc2c1OCc1cnc(NC(C)=O)cc1-2. The number of pyridine rings is 1. The van der Waals surface area contributed by atoms with Crippen molar-refractivity contribution < 1.29 is 28.5 Å². The third-order valence-electron chi connectivity index (χ3n) is 5.15. The molecule has 0 saturated heterocycles. The lowest BCUT2D eigenvalue weighted by molar-refractivity contribution is -0.114. The van der Waals surface area contributed by atoms with Crippen LogP contribution in [0, 0.1) is 5.92 Å². The monoisotopic (exact) mass is 485 g/mol. The molecule has 2 heterocycles. The van der Waals surface area contributed by atoms with E-state index in [2.05, 4.69) is 29.5 Å². The number of ether oxygens (including phenoxy) is 4. The number of carbonyl (C=O) groups excluding carboxylic acids is 2. The lowest BCUT2D eigenvalue weighted by Gasteiger charge is -2.26. The van der Waals surface area contributed by atoms with Crippen LogP contribution in [0.4, 0.5) is 10.6 Å². The molecule has 1 atom stereocenters. The van der Waals surface area contributed by atoms with Gasteiger partial charge in [-0.15, -0.1) is 0 Å². The van der Waals surface area contributed by atoms with E-state index >= 15 is 0 Å². The Morgan fingerprint density at radius 2 is 1.94 bits per heavy atom. The summed E-state index contributed by atoms with van der Waals surface area (Å²) in [4.78, 5) is 28.0. The van der Waals surface area contributed by atoms with Gasteiger partial charge in [-0.3, -0.25) is 4.79 Å². The van der Waals surface area contributed by atoms with Gasteiger partial charge in [-0.05, 0) is 56.9 Å². The summed E-state index contributed by atoms with van der Waals surface area (Å²) >= 11 is 0. The minimum atomic E-state index is -0.585. The number of methoxy groups -OCH3 is 1. The molecule has 35 heavy (non-hydrogen) atoms. The van der Waals surface area contributed by atoms with Gasteiger partial charge in [0.25, 0.3) is 0 Å². The lowest BCUT2D eigenvalue weighted by Crippen LogP contribution is -2.42. The van der Waals surface area contributed by atoms with Gasteiger partial charge in [-0.1, -0.05) is 13.8 Å². The average molecular weight is 486 g/mol. The average Bonchev–Trinajstić information content (AvgIpc) is 2.74. The summed E-state index contributed by atoms with van der Waals surface area (Å²) in [5.41, 5.74) is 2.04. The van der Waals surface area contributed by atoms with E-state index in [0.29, 0.717) is 35.6 Å². The van der Waals surface area contributed by atoms with E-state index in [1.165, 1.54) is 6.92 Å². The molecule has 2 amide bonds. The summed E-state index contributed by atoms with van der Waals surface area (Å²) in [6.45, 7) is 11.6. The van der Waals surface area contributed by atoms with E-state index in [1.807, 2.05) is 39.0 Å². The molecule has 0 spiro atoms. The molecule has 190 valence electrons. The Labute approximate surface area is 206 Å². The maximum absolute atomic E-state index is 12.3. The van der Waals surface area contributed by atoms with Gasteiger partial charge in [-0.25, -0.2) is 9.78 Å². The molecule has 3 rings (SSSR count). The van der Waals surface area contributed by atoms with Crippen molar-refractivity contribution in [3.05, 3.63) is 30.0 Å². The Bertz CT molecular complexity index is 1080. The van der Waals surface area contributed by atoms with Gasteiger partial charge in [0, 0.05) is 24.2 Å². The van der Waals surface area contributed by atoms with E-state index in [0.717, 1.165) is 23.1 Å². The Morgan fingerprint density at radius 1 is 1.20 bits per heavy atom. The molecule has 1 aromatic carbocycles. The maximum Gasteiger partial charge on any atom is 0.407 e. The highest BCUT2D eigenvalue weighted by Crippen LogP contribution is 2.48. The minimum absolute atomic E-state index is 0.193. The van der Waals surface area contributed by atoms with Crippen molar-refractivity contribution >= 4 is 17.8 Å². The number of anilines is 1. The molecular formula is C26H35N3O6. The highest BCUT2D eigenvalue weighted by molar-refractivity contribution is 5.89. The van der Waals surface area contributed by atoms with Crippen molar-refractivity contribution in [2.75, 3.05) is 19.0 Å². The van der Waals surface area contributed by atoms with Gasteiger partial charge in [0.05, 0.1) is 13.2 Å². The first-order valence-corrected chi connectivity index (χ1v) is 11.7. The molecule has 0 bridgehead atoms. The van der Waals surface area contributed by atoms with Gasteiger partial charge in [0.15, 0.2) is 11.5 Å². The minimum Gasteiger partial charge on any atom is -0.490 e. The molecule has 9 heteroatoms. The van der Waals surface area contributed by atoms with Gasteiger partial charge in [0.2, 0.25) is 11.7 Å². The molecule has 0 unspecified atom stereocenters. The summed E-state index contributed by atoms with van der Waals surface area (Å²) in [5, 5.41) is 5.62. The number of nitrogens with one attached hydrogen (secondary N) is 2. The van der Waals surface area contributed by atoms with Crippen LogP contribution in [0.3, 0.4) is 0 Å². The van der Waals surface area contributed by atoms with E-state index in [9.17, 15) is 9.59 Å². The van der Waals surface area contributed by atoms with Crippen LogP contribution in [0.5, 0.6) is 17.2 Å². The number of amides is 2. The van der Waals surface area contributed by atoms with Crippen molar-refractivity contribution in [3.63, 3.8) is 0 Å². The van der Waals surface area contributed by atoms with Crippen molar-refractivity contribution in [1.29, 1.82) is 0 Å². The number of alkyl carbamates (subject to hydrolysis) is 1. The van der Waals surface area contributed by atoms with Crippen LogP contribution in [-0.2, 0) is 16.1 Å². The summed E-state index contributed by atoms with van der Waals surface area (Å²) in [6.07, 6.45) is 1.93. The number of fused-ring (bicyclic) bond motifs is 3. The molecule has 0 fully saturated rings. The smallest absolute Gasteiger partial charge is 0.407 e. The van der Waals surface area contributed by atoms with Gasteiger partial charge >= 0.3 is 6.09 Å². The fourth-order valence-corrected chi connectivity index (χ4v) is 3.86. The molecule has 2 N–H and O–H groups in total. The Kier molecular flexibility index (Phi) is 8.09. The molecule has 0 aliphatic carbocycles. The Hall–Kier alpha value is -3.49. The zero-order chi connectivity index (χ0) is 25.8. The number of rotatable bonds is 8. The molecule has 1 aliphatic rings.